The summed E-state index contributed by atoms with van der Waals surface area (Å²) < 4.78 is 17.9. The quantitative estimate of drug-likeness (QED) is 0.277. The van der Waals surface area contributed by atoms with E-state index in [1.807, 2.05) is 73.7 Å². The van der Waals surface area contributed by atoms with E-state index in [2.05, 4.69) is 10.4 Å². The molecule has 0 aliphatic heterocycles. The molecule has 2 aromatic heterocycles. The molecule has 0 unspecified atom stereocenters. The highest BCUT2D eigenvalue weighted by molar-refractivity contribution is 6.06. The number of nitrogens with one attached hydrogen (secondary N) is 1. The van der Waals surface area contributed by atoms with Crippen LogP contribution in [0, 0.1) is 6.92 Å². The number of hydrogen-bond donors (Lipinski definition) is 1. The number of aromatic nitrogens is 2. The van der Waals surface area contributed by atoms with Gasteiger partial charge in [0, 0.05) is 22.2 Å². The number of esters is 1. The summed E-state index contributed by atoms with van der Waals surface area (Å²) in [6.45, 7) is 3.85. The van der Waals surface area contributed by atoms with Gasteiger partial charge in [-0.3, -0.25) is 4.79 Å². The lowest BCUT2D eigenvalue weighted by Crippen LogP contribution is -2.12. The average Bonchev–Trinajstić information content (AvgIpc) is 3.51. The van der Waals surface area contributed by atoms with Crippen LogP contribution in [-0.4, -0.2) is 35.4 Å². The number of carbonyl (C=O) groups is 2. The first-order valence-electron chi connectivity index (χ1n) is 11.8. The first-order valence-corrected chi connectivity index (χ1v) is 11.8. The van der Waals surface area contributed by atoms with Gasteiger partial charge in [0.2, 0.25) is 0 Å². The van der Waals surface area contributed by atoms with Gasteiger partial charge in [-0.1, -0.05) is 30.3 Å². The molecular formula is C29H25N3O5. The van der Waals surface area contributed by atoms with E-state index in [-0.39, 0.29) is 24.0 Å². The van der Waals surface area contributed by atoms with Crippen LogP contribution in [0.4, 0.5) is 5.69 Å². The third kappa shape index (κ3) is 4.69. The van der Waals surface area contributed by atoms with Gasteiger partial charge in [-0.2, -0.15) is 5.10 Å². The first kappa shape index (κ1) is 23.9. The minimum atomic E-state index is -0.513. The number of fused-ring (bicyclic) bond motifs is 1. The standard InChI is InChI=1S/C29H25N3O5/c1-4-36-29(34)24-17-25(32(31-24)21-12-14-22(35-3)15-13-21)19-8-7-9-20(16-19)30-28(33)27-18(2)23-10-5-6-11-26(23)37-27/h5-17H,4H2,1-3H3,(H,30,33). The normalized spacial score (nSPS) is 10.9. The zero-order valence-electron chi connectivity index (χ0n) is 20.6. The van der Waals surface area contributed by atoms with Crippen molar-refractivity contribution in [2.24, 2.45) is 0 Å². The molecule has 1 amide bonds. The SMILES string of the molecule is CCOC(=O)c1cc(-c2cccc(NC(=O)c3oc4ccccc4c3C)c2)n(-c2ccc(OC)cc2)n1. The fraction of sp³-hybridized carbons (Fsp3) is 0.138. The number of anilines is 1. The zero-order valence-corrected chi connectivity index (χ0v) is 20.6. The maximum atomic E-state index is 13.1. The van der Waals surface area contributed by atoms with Gasteiger partial charge < -0.3 is 19.2 Å². The van der Waals surface area contributed by atoms with E-state index >= 15 is 0 Å². The lowest BCUT2D eigenvalue weighted by atomic mass is 10.1. The molecule has 5 aromatic rings. The molecule has 0 bridgehead atoms. The molecule has 8 heteroatoms. The molecule has 0 saturated carbocycles. The van der Waals surface area contributed by atoms with Gasteiger partial charge in [0.1, 0.15) is 11.3 Å². The van der Waals surface area contributed by atoms with Gasteiger partial charge in [-0.05, 0) is 62.4 Å². The molecule has 1 N–H and O–H groups in total. The first-order chi connectivity index (χ1) is 18.0. The number of hydrogen-bond acceptors (Lipinski definition) is 6. The van der Waals surface area contributed by atoms with E-state index in [1.165, 1.54) is 0 Å². The van der Waals surface area contributed by atoms with Crippen molar-refractivity contribution in [1.82, 2.24) is 9.78 Å². The summed E-state index contributed by atoms with van der Waals surface area (Å²) in [7, 11) is 1.60. The monoisotopic (exact) mass is 495 g/mol. The van der Waals surface area contributed by atoms with Crippen LogP contribution in [0.5, 0.6) is 5.75 Å². The van der Waals surface area contributed by atoms with Crippen LogP contribution < -0.4 is 10.1 Å². The van der Waals surface area contributed by atoms with Crippen molar-refractivity contribution in [3.8, 4) is 22.7 Å². The molecule has 3 aromatic carbocycles. The average molecular weight is 496 g/mol. The minimum Gasteiger partial charge on any atom is -0.497 e. The van der Waals surface area contributed by atoms with Crippen molar-refractivity contribution in [1.29, 1.82) is 0 Å². The number of rotatable bonds is 7. The van der Waals surface area contributed by atoms with Crippen LogP contribution in [0.2, 0.25) is 0 Å². The van der Waals surface area contributed by atoms with E-state index in [1.54, 1.807) is 30.8 Å². The van der Waals surface area contributed by atoms with Crippen LogP contribution in [0.25, 0.3) is 27.9 Å². The van der Waals surface area contributed by atoms with E-state index < -0.39 is 5.97 Å². The minimum absolute atomic E-state index is 0.181. The van der Waals surface area contributed by atoms with Crippen molar-refractivity contribution in [3.05, 3.63) is 95.9 Å². The van der Waals surface area contributed by atoms with Gasteiger partial charge in [-0.25, -0.2) is 9.48 Å². The van der Waals surface area contributed by atoms with Gasteiger partial charge in [-0.15, -0.1) is 0 Å². The molecule has 2 heterocycles. The Morgan fingerprint density at radius 2 is 1.78 bits per heavy atom. The van der Waals surface area contributed by atoms with Crippen molar-refractivity contribution < 1.29 is 23.5 Å². The molecule has 0 aliphatic rings. The molecule has 8 nitrogen and oxygen atoms in total. The largest absolute Gasteiger partial charge is 0.497 e. The highest BCUT2D eigenvalue weighted by atomic mass is 16.5. The maximum Gasteiger partial charge on any atom is 0.358 e. The topological polar surface area (TPSA) is 95.6 Å². The summed E-state index contributed by atoms with van der Waals surface area (Å²) in [6.07, 6.45) is 0. The zero-order chi connectivity index (χ0) is 25.9. The number of para-hydroxylation sites is 1. The summed E-state index contributed by atoms with van der Waals surface area (Å²) >= 11 is 0. The van der Waals surface area contributed by atoms with Crippen LogP contribution in [-0.2, 0) is 4.74 Å². The molecule has 37 heavy (non-hydrogen) atoms. The van der Waals surface area contributed by atoms with Crippen molar-refractivity contribution >= 4 is 28.5 Å². The maximum absolute atomic E-state index is 13.1. The smallest absolute Gasteiger partial charge is 0.358 e. The van der Waals surface area contributed by atoms with Crippen LogP contribution >= 0.6 is 0 Å². The predicted octanol–water partition coefficient (Wildman–Crippen LogP) is 6.03. The third-order valence-electron chi connectivity index (χ3n) is 5.98. The molecule has 0 saturated heterocycles. The van der Waals surface area contributed by atoms with Crippen LogP contribution in [0.15, 0.2) is 83.3 Å². The molecule has 0 atom stereocenters. The van der Waals surface area contributed by atoms with E-state index in [0.717, 1.165) is 22.2 Å². The summed E-state index contributed by atoms with van der Waals surface area (Å²) in [4.78, 5) is 25.5. The Labute approximate surface area is 213 Å². The van der Waals surface area contributed by atoms with Gasteiger partial charge in [0.05, 0.1) is 25.1 Å². The van der Waals surface area contributed by atoms with Crippen molar-refractivity contribution in [3.63, 3.8) is 0 Å². The fourth-order valence-electron chi connectivity index (χ4n) is 4.15. The summed E-state index contributed by atoms with van der Waals surface area (Å²) in [5, 5.41) is 8.33. The number of amides is 1. The van der Waals surface area contributed by atoms with Crippen LogP contribution in [0.3, 0.4) is 0 Å². The van der Waals surface area contributed by atoms with Crippen molar-refractivity contribution in [2.45, 2.75) is 13.8 Å². The number of aryl methyl sites for hydroxylation is 1. The van der Waals surface area contributed by atoms with E-state index in [0.29, 0.717) is 22.7 Å². The lowest BCUT2D eigenvalue weighted by Gasteiger charge is -2.10. The highest BCUT2D eigenvalue weighted by Crippen LogP contribution is 2.29. The third-order valence-corrected chi connectivity index (χ3v) is 5.98. The Bertz CT molecular complexity index is 1600. The number of nitrogens with zero attached hydrogens (tertiary/aromatic N) is 2. The number of furan rings is 1. The van der Waals surface area contributed by atoms with Gasteiger partial charge in [0.25, 0.3) is 5.91 Å². The second-order valence-corrected chi connectivity index (χ2v) is 8.33. The summed E-state index contributed by atoms with van der Waals surface area (Å²) in [5.74, 6) is 0.107. The number of carbonyl (C=O) groups excluding carboxylic acids is 2. The molecule has 0 aliphatic carbocycles. The van der Waals surface area contributed by atoms with Gasteiger partial charge >= 0.3 is 5.97 Å². The lowest BCUT2D eigenvalue weighted by molar-refractivity contribution is 0.0519. The Kier molecular flexibility index (Phi) is 6.47. The fourth-order valence-corrected chi connectivity index (χ4v) is 4.15. The number of ether oxygens (including phenoxy) is 2. The summed E-state index contributed by atoms with van der Waals surface area (Å²) in [6, 6.07) is 23.9. The number of methoxy groups -OCH3 is 1. The van der Waals surface area contributed by atoms with E-state index in [4.69, 9.17) is 13.9 Å². The Hall–Kier alpha value is -4.85. The second-order valence-electron chi connectivity index (χ2n) is 8.33. The van der Waals surface area contributed by atoms with Gasteiger partial charge in [0.15, 0.2) is 11.5 Å². The molecular weight excluding hydrogens is 470 g/mol. The van der Waals surface area contributed by atoms with Crippen LogP contribution in [0.1, 0.15) is 33.5 Å². The molecule has 0 spiro atoms. The molecule has 0 radical (unpaired) electrons. The molecule has 186 valence electrons. The van der Waals surface area contributed by atoms with E-state index in [9.17, 15) is 9.59 Å². The Morgan fingerprint density at radius 1 is 1.00 bits per heavy atom. The van der Waals surface area contributed by atoms with Crippen molar-refractivity contribution in [2.75, 3.05) is 19.0 Å². The Balaban J connectivity index is 1.50. The molecule has 5 rings (SSSR count). The second kappa shape index (κ2) is 10.0. The molecule has 0 fully saturated rings. The Morgan fingerprint density at radius 3 is 2.51 bits per heavy atom. The predicted molar refractivity (Wildman–Crippen MR) is 140 cm³/mol. The number of benzene rings is 3. The highest BCUT2D eigenvalue weighted by Gasteiger charge is 2.20. The summed E-state index contributed by atoms with van der Waals surface area (Å²) in [5.41, 5.74) is 4.33.